The number of nitro benzene ring substituents is 1. The summed E-state index contributed by atoms with van der Waals surface area (Å²) in [5.74, 6) is -0.0500. The highest BCUT2D eigenvalue weighted by Gasteiger charge is 2.47. The number of hydrogen-bond acceptors (Lipinski definition) is 7. The second kappa shape index (κ2) is 7.17. The zero-order chi connectivity index (χ0) is 19.9. The number of para-hydroxylation sites is 1. The number of nitro groups is 1. The Labute approximate surface area is 165 Å². The minimum atomic E-state index is -3.21. The molecule has 0 bridgehead atoms. The first-order valence-corrected chi connectivity index (χ1v) is 11.3. The molecule has 10 heteroatoms. The van der Waals surface area contributed by atoms with Crippen molar-refractivity contribution in [2.45, 2.75) is 17.8 Å². The Bertz CT molecular complexity index is 1060. The summed E-state index contributed by atoms with van der Waals surface area (Å²) in [6, 6.07) is 11.6. The van der Waals surface area contributed by atoms with Gasteiger partial charge in [-0.1, -0.05) is 36.0 Å². The molecule has 0 aromatic heterocycles. The van der Waals surface area contributed by atoms with Crippen LogP contribution in [0, 0.1) is 15.9 Å². The Morgan fingerprint density at radius 3 is 2.57 bits per heavy atom. The third kappa shape index (κ3) is 3.61. The molecule has 0 radical (unpaired) electrons. The minimum Gasteiger partial charge on any atom is -0.312 e. The van der Waals surface area contributed by atoms with Gasteiger partial charge < -0.3 is 4.90 Å². The van der Waals surface area contributed by atoms with E-state index in [9.17, 15) is 22.9 Å². The Balaban J connectivity index is 1.59. The molecule has 0 unspecified atom stereocenters. The number of sulfone groups is 1. The van der Waals surface area contributed by atoms with Crippen LogP contribution in [0.2, 0.25) is 0 Å². The van der Waals surface area contributed by atoms with Crippen LogP contribution >= 0.6 is 11.8 Å². The van der Waals surface area contributed by atoms with E-state index in [1.165, 1.54) is 30.0 Å². The molecule has 146 valence electrons. The van der Waals surface area contributed by atoms with Gasteiger partial charge in [-0.2, -0.15) is 0 Å². The summed E-state index contributed by atoms with van der Waals surface area (Å²) >= 11 is 1.36. The quantitative estimate of drug-likeness (QED) is 0.557. The SMILES string of the molecule is O=[N+]([O-])c1ccc(CSC2=N[C@@H]3CS(=O)(=O)C[C@@H]3N2c2ccccc2F)cc1. The van der Waals surface area contributed by atoms with E-state index in [2.05, 4.69) is 4.99 Å². The van der Waals surface area contributed by atoms with Crippen LogP contribution in [-0.4, -0.2) is 42.1 Å². The van der Waals surface area contributed by atoms with Crippen molar-refractivity contribution in [1.82, 2.24) is 0 Å². The smallest absolute Gasteiger partial charge is 0.269 e. The van der Waals surface area contributed by atoms with E-state index in [4.69, 9.17) is 0 Å². The Kier molecular flexibility index (Phi) is 4.84. The fourth-order valence-corrected chi connectivity index (χ4v) is 6.34. The lowest BCUT2D eigenvalue weighted by molar-refractivity contribution is -0.384. The first-order chi connectivity index (χ1) is 13.3. The number of rotatable bonds is 4. The van der Waals surface area contributed by atoms with Gasteiger partial charge in [0.2, 0.25) is 0 Å². The zero-order valence-corrected chi connectivity index (χ0v) is 16.2. The maximum absolute atomic E-state index is 14.4. The molecule has 7 nitrogen and oxygen atoms in total. The molecular weight excluding hydrogens is 405 g/mol. The highest BCUT2D eigenvalue weighted by atomic mass is 32.2. The number of non-ortho nitro benzene ring substituents is 1. The Morgan fingerprint density at radius 1 is 1.18 bits per heavy atom. The number of nitrogens with zero attached hydrogens (tertiary/aromatic N) is 3. The van der Waals surface area contributed by atoms with Crippen molar-refractivity contribution in [2.24, 2.45) is 4.99 Å². The lowest BCUT2D eigenvalue weighted by Gasteiger charge is -2.26. The highest BCUT2D eigenvalue weighted by molar-refractivity contribution is 8.13. The van der Waals surface area contributed by atoms with Crippen molar-refractivity contribution in [3.05, 3.63) is 70.0 Å². The van der Waals surface area contributed by atoms with Gasteiger partial charge in [-0.3, -0.25) is 15.1 Å². The number of fused-ring (bicyclic) bond motifs is 1. The van der Waals surface area contributed by atoms with Gasteiger partial charge in [-0.25, -0.2) is 12.8 Å². The third-order valence-corrected chi connectivity index (χ3v) is 7.47. The van der Waals surface area contributed by atoms with Gasteiger partial charge in [0, 0.05) is 17.9 Å². The molecule has 1 saturated heterocycles. The summed E-state index contributed by atoms with van der Waals surface area (Å²) in [4.78, 5) is 16.5. The number of amidine groups is 1. The molecule has 4 rings (SSSR count). The summed E-state index contributed by atoms with van der Waals surface area (Å²) in [5, 5.41) is 11.3. The van der Waals surface area contributed by atoms with Gasteiger partial charge in [0.05, 0.1) is 34.2 Å². The molecule has 2 atom stereocenters. The first kappa shape index (κ1) is 18.9. The summed E-state index contributed by atoms with van der Waals surface area (Å²) in [5.41, 5.74) is 1.18. The summed E-state index contributed by atoms with van der Waals surface area (Å²) in [6.07, 6.45) is 0. The van der Waals surface area contributed by atoms with Crippen LogP contribution in [0.5, 0.6) is 0 Å². The average molecular weight is 421 g/mol. The van der Waals surface area contributed by atoms with E-state index in [0.29, 0.717) is 16.6 Å². The lowest BCUT2D eigenvalue weighted by Crippen LogP contribution is -2.39. The molecule has 2 aromatic rings. The van der Waals surface area contributed by atoms with Gasteiger partial charge in [-0.15, -0.1) is 0 Å². The fourth-order valence-electron chi connectivity index (χ4n) is 3.42. The van der Waals surface area contributed by atoms with E-state index >= 15 is 0 Å². The van der Waals surface area contributed by atoms with Gasteiger partial charge in [0.25, 0.3) is 5.69 Å². The van der Waals surface area contributed by atoms with E-state index in [1.807, 2.05) is 0 Å². The molecule has 0 aliphatic carbocycles. The molecule has 2 aromatic carbocycles. The second-order valence-electron chi connectivity index (χ2n) is 6.66. The van der Waals surface area contributed by atoms with Gasteiger partial charge in [0.1, 0.15) is 5.82 Å². The molecule has 0 N–H and O–H groups in total. The molecule has 0 saturated carbocycles. The standard InChI is InChI=1S/C18H16FN3O4S2/c19-14-3-1-2-4-16(14)21-17-11-28(25,26)10-15(17)20-18(21)27-9-12-5-7-13(8-6-12)22(23)24/h1-8,15,17H,9-11H2/t15-,17+/m1/s1. The van der Waals surface area contributed by atoms with Crippen LogP contribution in [-0.2, 0) is 15.6 Å². The maximum atomic E-state index is 14.4. The predicted molar refractivity (Wildman–Crippen MR) is 107 cm³/mol. The van der Waals surface area contributed by atoms with Crippen molar-refractivity contribution in [1.29, 1.82) is 0 Å². The minimum absolute atomic E-state index is 0.0136. The number of anilines is 1. The van der Waals surface area contributed by atoms with Crippen molar-refractivity contribution in [3.8, 4) is 0 Å². The Morgan fingerprint density at radius 2 is 1.89 bits per heavy atom. The number of benzene rings is 2. The largest absolute Gasteiger partial charge is 0.312 e. The van der Waals surface area contributed by atoms with Crippen LogP contribution in [0.1, 0.15) is 5.56 Å². The number of halogens is 1. The van der Waals surface area contributed by atoms with Crippen molar-refractivity contribution >= 4 is 38.1 Å². The van der Waals surface area contributed by atoms with E-state index < -0.39 is 32.7 Å². The average Bonchev–Trinajstić information content (AvgIpc) is 3.12. The lowest BCUT2D eigenvalue weighted by atomic mass is 10.1. The van der Waals surface area contributed by atoms with Crippen molar-refractivity contribution in [2.75, 3.05) is 16.4 Å². The molecule has 2 aliphatic rings. The van der Waals surface area contributed by atoms with Gasteiger partial charge in [-0.05, 0) is 17.7 Å². The normalized spacial score (nSPS) is 22.8. The van der Waals surface area contributed by atoms with Gasteiger partial charge in [0.15, 0.2) is 15.0 Å². The van der Waals surface area contributed by atoms with Crippen LogP contribution in [0.25, 0.3) is 0 Å². The summed E-state index contributed by atoms with van der Waals surface area (Å²) < 4.78 is 38.5. The van der Waals surface area contributed by atoms with E-state index in [-0.39, 0.29) is 17.2 Å². The second-order valence-corrected chi connectivity index (χ2v) is 9.75. The summed E-state index contributed by atoms with van der Waals surface area (Å²) in [6.45, 7) is 0. The topological polar surface area (TPSA) is 92.9 Å². The summed E-state index contributed by atoms with van der Waals surface area (Å²) in [7, 11) is -3.21. The van der Waals surface area contributed by atoms with Gasteiger partial charge >= 0.3 is 0 Å². The fraction of sp³-hybridized carbons (Fsp3) is 0.278. The third-order valence-electron chi connectivity index (χ3n) is 4.73. The van der Waals surface area contributed by atoms with Crippen LogP contribution < -0.4 is 4.90 Å². The van der Waals surface area contributed by atoms with Crippen molar-refractivity contribution < 1.29 is 17.7 Å². The molecule has 28 heavy (non-hydrogen) atoms. The molecular formula is C18H16FN3O4S2. The molecule has 2 heterocycles. The van der Waals surface area contributed by atoms with Crippen LogP contribution in [0.15, 0.2) is 53.5 Å². The predicted octanol–water partition coefficient (Wildman–Crippen LogP) is 3.01. The van der Waals surface area contributed by atoms with E-state index in [0.717, 1.165) is 5.56 Å². The highest BCUT2D eigenvalue weighted by Crippen LogP contribution is 2.37. The molecule has 2 aliphatic heterocycles. The number of aliphatic imine (C=N–C) groups is 1. The number of hydrogen-bond donors (Lipinski definition) is 0. The maximum Gasteiger partial charge on any atom is 0.269 e. The zero-order valence-electron chi connectivity index (χ0n) is 14.6. The molecule has 1 fully saturated rings. The van der Waals surface area contributed by atoms with Crippen LogP contribution in [0.4, 0.5) is 15.8 Å². The van der Waals surface area contributed by atoms with E-state index in [1.54, 1.807) is 35.2 Å². The van der Waals surface area contributed by atoms with Crippen molar-refractivity contribution in [3.63, 3.8) is 0 Å². The monoisotopic (exact) mass is 421 g/mol. The number of thioether (sulfide) groups is 1. The van der Waals surface area contributed by atoms with Crippen LogP contribution in [0.3, 0.4) is 0 Å². The first-order valence-electron chi connectivity index (χ1n) is 8.52. The Hall–Kier alpha value is -2.46. The molecule has 0 spiro atoms. The molecule has 0 amide bonds.